The van der Waals surface area contributed by atoms with Crippen LogP contribution < -0.4 is 4.90 Å². The number of amides is 1. The van der Waals surface area contributed by atoms with Crippen molar-refractivity contribution in [3.8, 4) is 0 Å². The van der Waals surface area contributed by atoms with E-state index in [4.69, 9.17) is 9.47 Å². The molecule has 1 aliphatic heterocycles. The van der Waals surface area contributed by atoms with Crippen molar-refractivity contribution in [1.29, 1.82) is 0 Å². The lowest BCUT2D eigenvalue weighted by Crippen LogP contribution is -2.50. The van der Waals surface area contributed by atoms with Crippen molar-refractivity contribution in [2.24, 2.45) is 0 Å². The third kappa shape index (κ3) is 4.87. The summed E-state index contributed by atoms with van der Waals surface area (Å²) in [5, 5.41) is 0. The molecule has 0 spiro atoms. The van der Waals surface area contributed by atoms with Gasteiger partial charge in [-0.05, 0) is 39.0 Å². The van der Waals surface area contributed by atoms with E-state index >= 15 is 0 Å². The standard InChI is InChI=1S/C17H23BrN2O4/c1-17(2,3)24-16(22)20-7-5-19(6-8-20)14-10-12(15(21)23-4)9-13(18)11-14/h9-11H,5-8H2,1-4H3. The van der Waals surface area contributed by atoms with Crippen LogP contribution in [-0.2, 0) is 9.47 Å². The summed E-state index contributed by atoms with van der Waals surface area (Å²) in [6.07, 6.45) is -0.286. The van der Waals surface area contributed by atoms with Crippen molar-refractivity contribution in [3.63, 3.8) is 0 Å². The zero-order valence-corrected chi connectivity index (χ0v) is 16.1. The van der Waals surface area contributed by atoms with E-state index in [2.05, 4.69) is 20.8 Å². The van der Waals surface area contributed by atoms with Gasteiger partial charge in [0, 0.05) is 36.3 Å². The van der Waals surface area contributed by atoms with Gasteiger partial charge in [0.1, 0.15) is 5.60 Å². The van der Waals surface area contributed by atoms with E-state index in [-0.39, 0.29) is 12.1 Å². The Hall–Kier alpha value is -1.76. The number of rotatable bonds is 2. The number of carbonyl (C=O) groups excluding carboxylic acids is 2. The molecule has 6 nitrogen and oxygen atoms in total. The van der Waals surface area contributed by atoms with Crippen LogP contribution in [0.3, 0.4) is 0 Å². The summed E-state index contributed by atoms with van der Waals surface area (Å²) in [6.45, 7) is 8.08. The Morgan fingerprint density at radius 2 is 1.71 bits per heavy atom. The highest BCUT2D eigenvalue weighted by molar-refractivity contribution is 9.10. The first-order valence-electron chi connectivity index (χ1n) is 7.81. The summed E-state index contributed by atoms with van der Waals surface area (Å²) >= 11 is 3.43. The fourth-order valence-electron chi connectivity index (χ4n) is 2.47. The molecule has 1 heterocycles. The van der Waals surface area contributed by atoms with E-state index in [1.54, 1.807) is 17.0 Å². The second-order valence-corrected chi connectivity index (χ2v) is 7.56. The van der Waals surface area contributed by atoms with Gasteiger partial charge in [-0.3, -0.25) is 0 Å². The fourth-order valence-corrected chi connectivity index (χ4v) is 2.95. The number of anilines is 1. The molecule has 24 heavy (non-hydrogen) atoms. The van der Waals surface area contributed by atoms with Gasteiger partial charge in [-0.15, -0.1) is 0 Å². The fraction of sp³-hybridized carbons (Fsp3) is 0.529. The highest BCUT2D eigenvalue weighted by atomic mass is 79.9. The van der Waals surface area contributed by atoms with Crippen LogP contribution in [0.15, 0.2) is 22.7 Å². The molecule has 0 aliphatic carbocycles. The van der Waals surface area contributed by atoms with Crippen molar-refractivity contribution in [3.05, 3.63) is 28.2 Å². The smallest absolute Gasteiger partial charge is 0.410 e. The number of esters is 1. The number of benzene rings is 1. The maximum Gasteiger partial charge on any atom is 0.410 e. The molecule has 1 fully saturated rings. The number of nitrogens with zero attached hydrogens (tertiary/aromatic N) is 2. The Morgan fingerprint density at radius 1 is 1.08 bits per heavy atom. The van der Waals surface area contributed by atoms with Crippen LogP contribution in [0.25, 0.3) is 0 Å². The maximum atomic E-state index is 12.1. The van der Waals surface area contributed by atoms with Crippen LogP contribution in [0, 0.1) is 0 Å². The number of ether oxygens (including phenoxy) is 2. The van der Waals surface area contributed by atoms with Crippen molar-refractivity contribution < 1.29 is 19.1 Å². The lowest BCUT2D eigenvalue weighted by molar-refractivity contribution is 0.0240. The molecule has 2 rings (SSSR count). The molecule has 0 atom stereocenters. The van der Waals surface area contributed by atoms with E-state index in [0.29, 0.717) is 31.7 Å². The van der Waals surface area contributed by atoms with Crippen molar-refractivity contribution >= 4 is 33.7 Å². The van der Waals surface area contributed by atoms with E-state index in [9.17, 15) is 9.59 Å². The third-order valence-corrected chi connectivity index (χ3v) is 4.06. The van der Waals surface area contributed by atoms with Gasteiger partial charge in [0.25, 0.3) is 0 Å². The summed E-state index contributed by atoms with van der Waals surface area (Å²) in [7, 11) is 1.36. The summed E-state index contributed by atoms with van der Waals surface area (Å²) in [5.74, 6) is -0.370. The largest absolute Gasteiger partial charge is 0.465 e. The van der Waals surface area contributed by atoms with E-state index in [1.807, 2.05) is 26.8 Å². The summed E-state index contributed by atoms with van der Waals surface area (Å²) in [6, 6.07) is 5.49. The molecule has 0 unspecified atom stereocenters. The van der Waals surface area contributed by atoms with Crippen molar-refractivity contribution in [2.75, 3.05) is 38.2 Å². The second-order valence-electron chi connectivity index (χ2n) is 6.64. The normalized spacial score (nSPS) is 15.2. The Morgan fingerprint density at radius 3 is 2.25 bits per heavy atom. The molecular weight excluding hydrogens is 376 g/mol. The van der Waals surface area contributed by atoms with E-state index in [0.717, 1.165) is 10.2 Å². The van der Waals surface area contributed by atoms with Crippen LogP contribution in [0.5, 0.6) is 0 Å². The predicted octanol–water partition coefficient (Wildman–Crippen LogP) is 3.29. The zero-order chi connectivity index (χ0) is 17.9. The van der Waals surface area contributed by atoms with Gasteiger partial charge in [0.2, 0.25) is 0 Å². The predicted molar refractivity (Wildman–Crippen MR) is 95.5 cm³/mol. The minimum Gasteiger partial charge on any atom is -0.465 e. The zero-order valence-electron chi connectivity index (χ0n) is 14.5. The summed E-state index contributed by atoms with van der Waals surface area (Å²) < 4.78 is 11.0. The number of hydrogen-bond donors (Lipinski definition) is 0. The van der Waals surface area contributed by atoms with Crippen LogP contribution in [0.1, 0.15) is 31.1 Å². The minimum atomic E-state index is -0.492. The molecule has 0 aromatic heterocycles. The highest BCUT2D eigenvalue weighted by Crippen LogP contribution is 2.25. The average molecular weight is 399 g/mol. The van der Waals surface area contributed by atoms with Gasteiger partial charge in [0.15, 0.2) is 0 Å². The first-order valence-corrected chi connectivity index (χ1v) is 8.61. The first-order chi connectivity index (χ1) is 11.2. The van der Waals surface area contributed by atoms with Crippen LogP contribution in [0.2, 0.25) is 0 Å². The Kier molecular flexibility index (Phi) is 5.74. The van der Waals surface area contributed by atoms with E-state index < -0.39 is 5.60 Å². The molecule has 132 valence electrons. The number of piperazine rings is 1. The molecule has 1 amide bonds. The van der Waals surface area contributed by atoms with Gasteiger partial charge < -0.3 is 19.3 Å². The number of hydrogen-bond acceptors (Lipinski definition) is 5. The van der Waals surface area contributed by atoms with Crippen LogP contribution >= 0.6 is 15.9 Å². The van der Waals surface area contributed by atoms with Gasteiger partial charge in [-0.25, -0.2) is 9.59 Å². The molecule has 7 heteroatoms. The van der Waals surface area contributed by atoms with Gasteiger partial charge in [-0.2, -0.15) is 0 Å². The molecule has 1 saturated heterocycles. The SMILES string of the molecule is COC(=O)c1cc(Br)cc(N2CCN(C(=O)OC(C)(C)C)CC2)c1. The number of halogens is 1. The van der Waals surface area contributed by atoms with Crippen LogP contribution in [-0.4, -0.2) is 55.9 Å². The highest BCUT2D eigenvalue weighted by Gasteiger charge is 2.26. The minimum absolute atomic E-state index is 0.286. The monoisotopic (exact) mass is 398 g/mol. The van der Waals surface area contributed by atoms with E-state index in [1.165, 1.54) is 7.11 Å². The molecule has 1 aromatic carbocycles. The van der Waals surface area contributed by atoms with Crippen LogP contribution in [0.4, 0.5) is 10.5 Å². The lowest BCUT2D eigenvalue weighted by atomic mass is 10.1. The molecule has 1 aromatic rings. The third-order valence-electron chi connectivity index (χ3n) is 3.60. The lowest BCUT2D eigenvalue weighted by Gasteiger charge is -2.37. The number of methoxy groups -OCH3 is 1. The number of carbonyl (C=O) groups is 2. The van der Waals surface area contributed by atoms with Gasteiger partial charge in [-0.1, -0.05) is 15.9 Å². The molecule has 0 radical (unpaired) electrons. The summed E-state index contributed by atoms with van der Waals surface area (Å²) in [4.78, 5) is 27.7. The Labute approximate surface area is 150 Å². The van der Waals surface area contributed by atoms with Gasteiger partial charge >= 0.3 is 12.1 Å². The maximum absolute atomic E-state index is 12.1. The molecular formula is C17H23BrN2O4. The second kappa shape index (κ2) is 7.42. The molecule has 0 saturated carbocycles. The topological polar surface area (TPSA) is 59.1 Å². The Bertz CT molecular complexity index is 620. The average Bonchev–Trinajstić information content (AvgIpc) is 2.52. The summed E-state index contributed by atoms with van der Waals surface area (Å²) in [5.41, 5.74) is 0.929. The molecule has 0 bridgehead atoms. The quantitative estimate of drug-likeness (QED) is 0.715. The first kappa shape index (κ1) is 18.6. The van der Waals surface area contributed by atoms with Crippen molar-refractivity contribution in [2.45, 2.75) is 26.4 Å². The molecule has 1 aliphatic rings. The van der Waals surface area contributed by atoms with Gasteiger partial charge in [0.05, 0.1) is 12.7 Å². The Balaban J connectivity index is 2.03. The molecule has 0 N–H and O–H groups in total. The van der Waals surface area contributed by atoms with Crippen molar-refractivity contribution in [1.82, 2.24) is 4.90 Å².